The van der Waals surface area contributed by atoms with Crippen LogP contribution in [0.2, 0.25) is 0 Å². The Labute approximate surface area is 250 Å². The zero-order valence-electron chi connectivity index (χ0n) is 23.4. The van der Waals surface area contributed by atoms with Crippen molar-refractivity contribution in [2.75, 3.05) is 30.4 Å². The Hall–Kier alpha value is -3.82. The number of alkyl halides is 5. The second-order valence-corrected chi connectivity index (χ2v) is 12.3. The van der Waals surface area contributed by atoms with Gasteiger partial charge < -0.3 is 24.8 Å². The minimum Gasteiger partial charge on any atom is -0.489 e. The summed E-state index contributed by atoms with van der Waals surface area (Å²) in [6, 6.07) is 11.5. The van der Waals surface area contributed by atoms with Gasteiger partial charge in [0, 0.05) is 6.42 Å². The highest BCUT2D eigenvalue weighted by atomic mass is 32.2. The fourth-order valence-electron chi connectivity index (χ4n) is 4.76. The van der Waals surface area contributed by atoms with Crippen LogP contribution in [0.5, 0.6) is 5.75 Å². The highest BCUT2D eigenvalue weighted by Gasteiger charge is 2.35. The Morgan fingerprint density at radius 1 is 1.09 bits per heavy atom. The monoisotopic (exact) mass is 643 g/mol. The first kappa shape index (κ1) is 33.1. The van der Waals surface area contributed by atoms with E-state index >= 15 is 0 Å². The molecule has 0 unspecified atom stereocenters. The van der Waals surface area contributed by atoms with Crippen LogP contribution in [-0.2, 0) is 20.8 Å². The van der Waals surface area contributed by atoms with Gasteiger partial charge in [0.05, 0.1) is 59.9 Å². The molecule has 238 valence electrons. The predicted molar refractivity (Wildman–Crippen MR) is 149 cm³/mol. The normalized spacial score (nSPS) is 18.0. The standard InChI is InChI=1S/C29H30F5N3O6S/c1-2-44(40,41)24-10-3-18(4-11-24)26(16-38)36-27(39)25-12-7-20(14-35-25)37-15-23(13-21(37)17-42-28(30)31)43-22-8-5-19(6-9-22)29(32,33)34/h3-12,14,21,23,26,28,38H,2,13,15-17H2,1H3,(H,36,39)/t21-,23-,26-/m0/s1. The second-order valence-electron chi connectivity index (χ2n) is 9.98. The van der Waals surface area contributed by atoms with Gasteiger partial charge in [-0.2, -0.15) is 22.0 Å². The number of carbonyl (C=O) groups excluding carboxylic acids is 1. The molecule has 1 aliphatic rings. The van der Waals surface area contributed by atoms with Crippen LogP contribution in [0.4, 0.5) is 27.6 Å². The molecule has 0 saturated carbocycles. The van der Waals surface area contributed by atoms with Crippen molar-refractivity contribution in [3.8, 4) is 5.75 Å². The van der Waals surface area contributed by atoms with E-state index in [1.165, 1.54) is 55.6 Å². The summed E-state index contributed by atoms with van der Waals surface area (Å²) in [5.74, 6) is -0.509. The van der Waals surface area contributed by atoms with Gasteiger partial charge in [-0.1, -0.05) is 19.1 Å². The van der Waals surface area contributed by atoms with Crippen LogP contribution >= 0.6 is 0 Å². The van der Waals surface area contributed by atoms with E-state index in [-0.39, 0.29) is 41.7 Å². The first-order chi connectivity index (χ1) is 20.8. The maximum Gasteiger partial charge on any atom is 0.416 e. The zero-order valence-corrected chi connectivity index (χ0v) is 24.2. The molecule has 1 aromatic heterocycles. The second kappa shape index (κ2) is 13.9. The number of aromatic nitrogens is 1. The molecule has 0 spiro atoms. The largest absolute Gasteiger partial charge is 0.489 e. The summed E-state index contributed by atoms with van der Waals surface area (Å²) in [5.41, 5.74) is 0.108. The molecular weight excluding hydrogens is 613 g/mol. The number of nitrogens with zero attached hydrogens (tertiary/aromatic N) is 2. The van der Waals surface area contributed by atoms with Crippen molar-refractivity contribution < 1.29 is 49.7 Å². The van der Waals surface area contributed by atoms with Gasteiger partial charge in [0.1, 0.15) is 17.5 Å². The third-order valence-corrected chi connectivity index (χ3v) is 8.85. The molecular formula is C29H30F5N3O6S. The summed E-state index contributed by atoms with van der Waals surface area (Å²) in [7, 11) is -3.42. The number of anilines is 1. The summed E-state index contributed by atoms with van der Waals surface area (Å²) in [5, 5.41) is 12.5. The molecule has 3 aromatic rings. The minimum atomic E-state index is -4.50. The summed E-state index contributed by atoms with van der Waals surface area (Å²) in [4.78, 5) is 18.9. The summed E-state index contributed by atoms with van der Waals surface area (Å²) in [6.07, 6.45) is -3.47. The van der Waals surface area contributed by atoms with Crippen molar-refractivity contribution in [2.24, 2.45) is 0 Å². The van der Waals surface area contributed by atoms with Crippen molar-refractivity contribution in [2.45, 2.75) is 49.2 Å². The van der Waals surface area contributed by atoms with Gasteiger partial charge >= 0.3 is 12.8 Å². The molecule has 1 amide bonds. The first-order valence-electron chi connectivity index (χ1n) is 13.5. The van der Waals surface area contributed by atoms with E-state index in [4.69, 9.17) is 4.74 Å². The van der Waals surface area contributed by atoms with Crippen molar-refractivity contribution in [3.63, 3.8) is 0 Å². The SMILES string of the molecule is CCS(=O)(=O)c1ccc([C@H](CO)NC(=O)c2ccc(N3C[C@@H](Oc4ccc(C(F)(F)F)cc4)C[C@H]3COC(F)F)cn2)cc1. The van der Waals surface area contributed by atoms with Gasteiger partial charge in [0.25, 0.3) is 5.91 Å². The lowest BCUT2D eigenvalue weighted by atomic mass is 10.1. The van der Waals surface area contributed by atoms with Gasteiger partial charge in [-0.05, 0) is 54.1 Å². The van der Waals surface area contributed by atoms with Crippen LogP contribution < -0.4 is 15.0 Å². The van der Waals surface area contributed by atoms with Gasteiger partial charge in [0.2, 0.25) is 0 Å². The Morgan fingerprint density at radius 2 is 1.77 bits per heavy atom. The number of hydrogen-bond acceptors (Lipinski definition) is 8. The molecule has 4 rings (SSSR count). The topological polar surface area (TPSA) is 118 Å². The number of halogens is 5. The molecule has 9 nitrogen and oxygen atoms in total. The molecule has 44 heavy (non-hydrogen) atoms. The first-order valence-corrected chi connectivity index (χ1v) is 15.2. The van der Waals surface area contributed by atoms with Crippen LogP contribution in [0, 0.1) is 0 Å². The molecule has 2 N–H and O–H groups in total. The average molecular weight is 644 g/mol. The predicted octanol–water partition coefficient (Wildman–Crippen LogP) is 4.62. The zero-order chi connectivity index (χ0) is 32.1. The Bertz CT molecular complexity index is 1500. The van der Waals surface area contributed by atoms with E-state index in [2.05, 4.69) is 15.0 Å². The third kappa shape index (κ3) is 8.21. The van der Waals surface area contributed by atoms with Gasteiger partial charge in [-0.25, -0.2) is 13.4 Å². The van der Waals surface area contributed by atoms with Crippen molar-refractivity contribution in [1.29, 1.82) is 0 Å². The van der Waals surface area contributed by atoms with Crippen LogP contribution in [0.25, 0.3) is 0 Å². The smallest absolute Gasteiger partial charge is 0.416 e. The number of aliphatic hydroxyl groups is 1. The maximum absolute atomic E-state index is 12.9. The quantitative estimate of drug-likeness (QED) is 0.275. The highest BCUT2D eigenvalue weighted by molar-refractivity contribution is 7.91. The van der Waals surface area contributed by atoms with Gasteiger partial charge in [-0.15, -0.1) is 0 Å². The van der Waals surface area contributed by atoms with Gasteiger partial charge in [0.15, 0.2) is 9.84 Å². The molecule has 2 aromatic carbocycles. The summed E-state index contributed by atoms with van der Waals surface area (Å²) in [6.45, 7) is -2.13. The van der Waals surface area contributed by atoms with Crippen molar-refractivity contribution >= 4 is 21.4 Å². The number of hydrogen-bond donors (Lipinski definition) is 2. The Kier molecular flexibility index (Phi) is 10.4. The van der Waals surface area contributed by atoms with E-state index in [1.54, 1.807) is 11.0 Å². The Balaban J connectivity index is 1.44. The number of benzene rings is 2. The number of sulfone groups is 1. The van der Waals surface area contributed by atoms with Crippen molar-refractivity contribution in [1.82, 2.24) is 10.3 Å². The number of carbonyl (C=O) groups is 1. The lowest BCUT2D eigenvalue weighted by Gasteiger charge is -2.26. The molecule has 1 aliphatic heterocycles. The van der Waals surface area contributed by atoms with Crippen LogP contribution in [0.3, 0.4) is 0 Å². The molecule has 0 bridgehead atoms. The van der Waals surface area contributed by atoms with E-state index < -0.39 is 58.9 Å². The molecule has 3 atom stereocenters. The molecule has 0 radical (unpaired) electrons. The third-order valence-electron chi connectivity index (χ3n) is 7.10. The number of pyridine rings is 1. The lowest BCUT2D eigenvalue weighted by molar-refractivity contribution is -0.137. The van der Waals surface area contributed by atoms with E-state index in [0.29, 0.717) is 11.3 Å². The summed E-state index contributed by atoms with van der Waals surface area (Å²) >= 11 is 0. The molecule has 0 aliphatic carbocycles. The van der Waals surface area contributed by atoms with Crippen LogP contribution in [-0.4, -0.2) is 68.7 Å². The number of ether oxygens (including phenoxy) is 2. The lowest BCUT2D eigenvalue weighted by Crippen LogP contribution is -2.34. The van der Waals surface area contributed by atoms with E-state index in [9.17, 15) is 40.3 Å². The average Bonchev–Trinajstić information content (AvgIpc) is 3.41. The van der Waals surface area contributed by atoms with Crippen LogP contribution in [0.1, 0.15) is 41.0 Å². The maximum atomic E-state index is 12.9. The molecule has 15 heteroatoms. The molecule has 1 fully saturated rings. The fraction of sp³-hybridized carbons (Fsp3) is 0.379. The van der Waals surface area contributed by atoms with E-state index in [1.807, 2.05) is 0 Å². The Morgan fingerprint density at radius 3 is 2.32 bits per heavy atom. The highest BCUT2D eigenvalue weighted by Crippen LogP contribution is 2.32. The fourth-order valence-corrected chi connectivity index (χ4v) is 5.65. The molecule has 1 saturated heterocycles. The number of aliphatic hydroxyl groups excluding tert-OH is 1. The molecule has 2 heterocycles. The summed E-state index contributed by atoms with van der Waals surface area (Å²) < 4.78 is 98.7. The minimum absolute atomic E-state index is 0.00508. The van der Waals surface area contributed by atoms with Crippen LogP contribution in [0.15, 0.2) is 71.8 Å². The van der Waals surface area contributed by atoms with Gasteiger partial charge in [-0.3, -0.25) is 4.79 Å². The van der Waals surface area contributed by atoms with Crippen molar-refractivity contribution in [3.05, 3.63) is 83.7 Å². The number of rotatable bonds is 12. The number of amides is 1. The van der Waals surface area contributed by atoms with E-state index in [0.717, 1.165) is 12.1 Å². The number of nitrogens with one attached hydrogen (secondary N) is 1.